The lowest BCUT2D eigenvalue weighted by Gasteiger charge is -2.22. The first kappa shape index (κ1) is 13.0. The molecule has 7 heteroatoms. The van der Waals surface area contributed by atoms with Crippen molar-refractivity contribution < 1.29 is 0 Å². The van der Waals surface area contributed by atoms with E-state index >= 15 is 0 Å². The predicted molar refractivity (Wildman–Crippen MR) is 84.0 cm³/mol. The van der Waals surface area contributed by atoms with Gasteiger partial charge < -0.3 is 5.32 Å². The van der Waals surface area contributed by atoms with Gasteiger partial charge in [0.1, 0.15) is 5.01 Å². The van der Waals surface area contributed by atoms with E-state index in [0.717, 1.165) is 26.5 Å². The zero-order valence-corrected chi connectivity index (χ0v) is 12.9. The largest absolute Gasteiger partial charge is 0.378 e. The number of fused-ring (bicyclic) bond motifs is 1. The fourth-order valence-corrected chi connectivity index (χ4v) is 3.41. The van der Waals surface area contributed by atoms with Gasteiger partial charge in [-0.25, -0.2) is 0 Å². The molecule has 1 aromatic carbocycles. The zero-order valence-electron chi connectivity index (χ0n) is 11.3. The van der Waals surface area contributed by atoms with Crippen LogP contribution >= 0.6 is 22.9 Å². The van der Waals surface area contributed by atoms with Crippen molar-refractivity contribution in [3.8, 4) is 0 Å². The number of nitrogens with zero attached hydrogens (tertiary/aromatic N) is 4. The second-order valence-electron chi connectivity index (χ2n) is 5.24. The molecule has 4 rings (SSSR count). The van der Waals surface area contributed by atoms with Crippen LogP contribution in [0.15, 0.2) is 24.3 Å². The van der Waals surface area contributed by atoms with E-state index < -0.39 is 0 Å². The zero-order chi connectivity index (χ0) is 14.2. The van der Waals surface area contributed by atoms with E-state index in [1.165, 1.54) is 19.3 Å². The van der Waals surface area contributed by atoms with Crippen molar-refractivity contribution in [3.05, 3.63) is 40.1 Å². The Hall–Kier alpha value is -1.66. The molecule has 1 aliphatic carbocycles. The minimum atomic E-state index is 0.538. The van der Waals surface area contributed by atoms with Crippen molar-refractivity contribution in [2.75, 3.05) is 5.32 Å². The van der Waals surface area contributed by atoms with Gasteiger partial charge in [0.25, 0.3) is 0 Å². The number of hydrogen-bond donors (Lipinski definition) is 1. The Morgan fingerprint density at radius 2 is 2.24 bits per heavy atom. The lowest BCUT2D eigenvalue weighted by Crippen LogP contribution is -2.13. The smallest absolute Gasteiger partial charge is 0.234 e. The Morgan fingerprint density at radius 1 is 1.33 bits per heavy atom. The van der Waals surface area contributed by atoms with Crippen LogP contribution in [0.3, 0.4) is 0 Å². The van der Waals surface area contributed by atoms with E-state index in [0.29, 0.717) is 12.5 Å². The van der Waals surface area contributed by atoms with Gasteiger partial charge in [-0.1, -0.05) is 35.4 Å². The summed E-state index contributed by atoms with van der Waals surface area (Å²) in [4.78, 5) is 0.875. The summed E-state index contributed by atoms with van der Waals surface area (Å²) in [7, 11) is 0. The fraction of sp³-hybridized carbons (Fsp3) is 0.357. The molecule has 1 saturated carbocycles. The highest BCUT2D eigenvalue weighted by Gasteiger charge is 2.26. The molecule has 0 amide bonds. The highest BCUT2D eigenvalue weighted by atomic mass is 35.5. The monoisotopic (exact) mass is 319 g/mol. The van der Waals surface area contributed by atoms with Crippen molar-refractivity contribution in [1.82, 2.24) is 19.8 Å². The average Bonchev–Trinajstić information content (AvgIpc) is 2.96. The fourth-order valence-electron chi connectivity index (χ4n) is 2.44. The van der Waals surface area contributed by atoms with Crippen molar-refractivity contribution in [2.45, 2.75) is 31.7 Å². The molecule has 3 aromatic rings. The maximum atomic E-state index is 5.98. The number of benzene rings is 1. The summed E-state index contributed by atoms with van der Waals surface area (Å²) >= 11 is 7.55. The third-order valence-corrected chi connectivity index (χ3v) is 4.93. The molecule has 0 aliphatic heterocycles. The normalized spacial score (nSPS) is 15.3. The summed E-state index contributed by atoms with van der Waals surface area (Å²) in [6.07, 6.45) is 3.69. The first-order chi connectivity index (χ1) is 10.3. The van der Waals surface area contributed by atoms with Crippen molar-refractivity contribution in [3.63, 3.8) is 0 Å². The van der Waals surface area contributed by atoms with Gasteiger partial charge in [0.05, 0.1) is 6.54 Å². The molecule has 5 nitrogen and oxygen atoms in total. The van der Waals surface area contributed by atoms with E-state index in [9.17, 15) is 0 Å². The van der Waals surface area contributed by atoms with Crippen molar-refractivity contribution >= 4 is 33.6 Å². The molecule has 0 radical (unpaired) electrons. The lowest BCUT2D eigenvalue weighted by atomic mass is 9.85. The molecule has 1 fully saturated rings. The second-order valence-corrected chi connectivity index (χ2v) is 6.72. The van der Waals surface area contributed by atoms with Crippen LogP contribution in [0.4, 0.5) is 5.69 Å². The van der Waals surface area contributed by atoms with Gasteiger partial charge in [0.2, 0.25) is 4.96 Å². The summed E-state index contributed by atoms with van der Waals surface area (Å²) in [5, 5.41) is 18.2. The van der Waals surface area contributed by atoms with Gasteiger partial charge in [0, 0.05) is 16.6 Å². The minimum absolute atomic E-state index is 0.538. The summed E-state index contributed by atoms with van der Waals surface area (Å²) < 4.78 is 1.91. The molecule has 0 saturated heterocycles. The first-order valence-corrected chi connectivity index (χ1v) is 8.19. The summed E-state index contributed by atoms with van der Waals surface area (Å²) in [5.74, 6) is 1.55. The SMILES string of the molecule is Clc1cccc(NCc2nn3c(C4CCC4)nnc3s2)c1. The molecule has 2 heterocycles. The first-order valence-electron chi connectivity index (χ1n) is 7.00. The standard InChI is InChI=1S/C14H14ClN5S/c15-10-5-2-6-11(7-10)16-8-12-19-20-13(9-3-1-4-9)17-18-14(20)21-12/h2,5-7,9,16H,1,3-4,8H2. The second kappa shape index (κ2) is 5.27. The summed E-state index contributed by atoms with van der Waals surface area (Å²) in [5.41, 5.74) is 0.993. The van der Waals surface area contributed by atoms with Gasteiger partial charge in [-0.3, -0.25) is 0 Å². The van der Waals surface area contributed by atoms with E-state index in [-0.39, 0.29) is 0 Å². The van der Waals surface area contributed by atoms with E-state index in [4.69, 9.17) is 11.6 Å². The third kappa shape index (κ3) is 2.49. The van der Waals surface area contributed by atoms with Crippen LogP contribution in [0.1, 0.15) is 36.0 Å². The van der Waals surface area contributed by atoms with E-state index in [1.807, 2.05) is 28.8 Å². The molecular formula is C14H14ClN5S. The van der Waals surface area contributed by atoms with Crippen LogP contribution in [0.25, 0.3) is 4.96 Å². The van der Waals surface area contributed by atoms with Crippen LogP contribution in [0, 0.1) is 0 Å². The van der Waals surface area contributed by atoms with Crippen LogP contribution in [0.5, 0.6) is 0 Å². The maximum absolute atomic E-state index is 5.98. The van der Waals surface area contributed by atoms with Gasteiger partial charge in [0.15, 0.2) is 5.82 Å². The predicted octanol–water partition coefficient (Wildman–Crippen LogP) is 3.72. The van der Waals surface area contributed by atoms with E-state index in [2.05, 4.69) is 20.6 Å². The summed E-state index contributed by atoms with van der Waals surface area (Å²) in [6, 6.07) is 7.69. The highest BCUT2D eigenvalue weighted by Crippen LogP contribution is 2.35. The molecular weight excluding hydrogens is 306 g/mol. The average molecular weight is 320 g/mol. The molecule has 2 aromatic heterocycles. The third-order valence-electron chi connectivity index (χ3n) is 3.80. The van der Waals surface area contributed by atoms with Crippen molar-refractivity contribution in [1.29, 1.82) is 0 Å². The number of hydrogen-bond acceptors (Lipinski definition) is 5. The van der Waals surface area contributed by atoms with Crippen molar-refractivity contribution in [2.24, 2.45) is 0 Å². The Morgan fingerprint density at radius 3 is 3.00 bits per heavy atom. The van der Waals surface area contributed by atoms with E-state index in [1.54, 1.807) is 11.3 Å². The van der Waals surface area contributed by atoms with Crippen LogP contribution in [-0.4, -0.2) is 19.8 Å². The Bertz CT molecular complexity index is 777. The molecule has 0 atom stereocenters. The number of anilines is 1. The molecule has 0 unspecified atom stereocenters. The topological polar surface area (TPSA) is 55.1 Å². The van der Waals surface area contributed by atoms with Gasteiger partial charge in [-0.15, -0.1) is 10.2 Å². The van der Waals surface area contributed by atoms with Gasteiger partial charge >= 0.3 is 0 Å². The molecule has 21 heavy (non-hydrogen) atoms. The van der Waals surface area contributed by atoms with Gasteiger partial charge in [-0.05, 0) is 31.0 Å². The van der Waals surface area contributed by atoms with Crippen LogP contribution in [0.2, 0.25) is 5.02 Å². The molecule has 0 spiro atoms. The molecule has 0 bridgehead atoms. The lowest BCUT2D eigenvalue weighted by molar-refractivity contribution is 0.395. The Balaban J connectivity index is 1.52. The van der Waals surface area contributed by atoms with Crippen LogP contribution in [-0.2, 0) is 6.54 Å². The van der Waals surface area contributed by atoms with Gasteiger partial charge in [-0.2, -0.15) is 9.61 Å². The minimum Gasteiger partial charge on any atom is -0.378 e. The number of aromatic nitrogens is 4. The highest BCUT2D eigenvalue weighted by molar-refractivity contribution is 7.16. The molecule has 108 valence electrons. The summed E-state index contributed by atoms with van der Waals surface area (Å²) in [6.45, 7) is 0.665. The molecule has 1 aliphatic rings. The number of nitrogens with one attached hydrogen (secondary N) is 1. The van der Waals surface area contributed by atoms with Crippen LogP contribution < -0.4 is 5.32 Å². The quantitative estimate of drug-likeness (QED) is 0.796. The Kier molecular flexibility index (Phi) is 3.27. The number of rotatable bonds is 4. The Labute approximate surface area is 131 Å². The maximum Gasteiger partial charge on any atom is 0.234 e. The molecule has 1 N–H and O–H groups in total. The number of halogens is 1.